The van der Waals surface area contributed by atoms with E-state index in [-0.39, 0.29) is 29.6 Å². The SMILES string of the molecule is O=S(=O)(O)C(F)(F)C(F)(F)C(F)(F)C(F)(F)C(F)(F)C(F)(F)C(F)(F)C(F)(F)Cl.[Na]. The van der Waals surface area contributed by atoms with Crippen LogP contribution in [0.3, 0.4) is 0 Å². The minimum atomic E-state index is -8.79. The molecule has 0 aromatic heterocycles. The molecule has 22 heteroatoms. The molecule has 0 aromatic carbocycles. The first kappa shape index (κ1) is 32.3. The molecule has 0 fully saturated rings. The average Bonchev–Trinajstić information content (AvgIpc) is 2.43. The van der Waals surface area contributed by atoms with Gasteiger partial charge in [-0.15, -0.1) is 0 Å². The van der Waals surface area contributed by atoms with Crippen molar-refractivity contribution in [3.63, 3.8) is 0 Å². The summed E-state index contributed by atoms with van der Waals surface area (Å²) >= 11 is 3.29. The second-order valence-electron chi connectivity index (χ2n) is 4.94. The molecule has 0 unspecified atom stereocenters. The number of rotatable bonds is 8. The molecule has 0 heterocycles. The van der Waals surface area contributed by atoms with Gasteiger partial charge in [-0.25, -0.2) is 0 Å². The molecule has 0 aliphatic carbocycles. The van der Waals surface area contributed by atoms with Crippen molar-refractivity contribution in [3.8, 4) is 0 Å². The summed E-state index contributed by atoms with van der Waals surface area (Å²) in [5, 5.41) is -14.7. The number of halogens is 17. The molecule has 3 nitrogen and oxygen atoms in total. The van der Waals surface area contributed by atoms with Gasteiger partial charge in [0.25, 0.3) is 0 Å². The molecule has 0 aliphatic heterocycles. The van der Waals surface area contributed by atoms with E-state index in [0.717, 1.165) is 0 Å². The van der Waals surface area contributed by atoms with Crippen molar-refractivity contribution in [3.05, 3.63) is 0 Å². The fourth-order valence-electron chi connectivity index (χ4n) is 1.31. The third-order valence-electron chi connectivity index (χ3n) is 3.02. The summed E-state index contributed by atoms with van der Waals surface area (Å²) in [7, 11) is -7.85. The Labute approximate surface area is 180 Å². The second-order valence-corrected chi connectivity index (χ2v) is 6.87. The molecule has 177 valence electrons. The van der Waals surface area contributed by atoms with Gasteiger partial charge < -0.3 is 0 Å². The van der Waals surface area contributed by atoms with E-state index in [9.17, 15) is 78.7 Å². The summed E-state index contributed by atoms with van der Waals surface area (Å²) in [4.78, 5) is 0. The van der Waals surface area contributed by atoms with Crippen LogP contribution < -0.4 is 0 Å². The van der Waals surface area contributed by atoms with Gasteiger partial charge in [-0.3, -0.25) is 4.55 Å². The summed E-state index contributed by atoms with van der Waals surface area (Å²) in [6, 6.07) is 0. The van der Waals surface area contributed by atoms with Gasteiger partial charge in [0.05, 0.1) is 0 Å². The standard InChI is InChI=1S/C8HClF16O3S.Na/c9-7(22,23)5(18,19)3(14,15)1(10,11)2(12,13)4(16,17)6(20,21)8(24,25)29(26,27)28;/h(H,26,27,28);. The summed E-state index contributed by atoms with van der Waals surface area (Å²) < 4.78 is 233. The Kier molecular flexibility index (Phi) is 8.43. The van der Waals surface area contributed by atoms with Crippen LogP contribution in [-0.4, -0.2) is 88.7 Å². The summed E-state index contributed by atoms with van der Waals surface area (Å²) in [6.07, 6.45) is 0. The Bertz CT molecular complexity index is 744. The van der Waals surface area contributed by atoms with Crippen molar-refractivity contribution < 1.29 is 83.2 Å². The maximum absolute atomic E-state index is 13.1. The molecule has 0 aromatic rings. The molecule has 0 spiro atoms. The van der Waals surface area contributed by atoms with Gasteiger partial charge in [0.1, 0.15) is 0 Å². The molecule has 1 radical (unpaired) electrons. The molecule has 0 aliphatic rings. The normalized spacial score (nSPS) is 16.3. The van der Waals surface area contributed by atoms with Crippen LogP contribution in [0.25, 0.3) is 0 Å². The Morgan fingerprint density at radius 2 is 0.700 bits per heavy atom. The van der Waals surface area contributed by atoms with E-state index in [0.29, 0.717) is 0 Å². The Morgan fingerprint density at radius 3 is 0.900 bits per heavy atom. The minimum Gasteiger partial charge on any atom is -0.281 e. The van der Waals surface area contributed by atoms with Gasteiger partial charge >= 0.3 is 56.3 Å². The first-order valence-electron chi connectivity index (χ1n) is 5.68. The van der Waals surface area contributed by atoms with Gasteiger partial charge in [-0.05, 0) is 11.6 Å². The Morgan fingerprint density at radius 1 is 0.500 bits per heavy atom. The largest absolute Gasteiger partial charge is 0.438 e. The molecule has 1 N–H and O–H groups in total. The van der Waals surface area contributed by atoms with Crippen molar-refractivity contribution in [2.45, 2.75) is 46.2 Å². The van der Waals surface area contributed by atoms with E-state index in [2.05, 4.69) is 11.6 Å². The molecule has 0 atom stereocenters. The Hall–Kier alpha value is 0.0800. The van der Waals surface area contributed by atoms with Crippen LogP contribution in [0.5, 0.6) is 0 Å². The monoisotopic (exact) mass is 539 g/mol. The predicted molar refractivity (Wildman–Crippen MR) is 62.7 cm³/mol. The van der Waals surface area contributed by atoms with Crippen molar-refractivity contribution in [1.29, 1.82) is 0 Å². The zero-order valence-electron chi connectivity index (χ0n) is 13.1. The van der Waals surface area contributed by atoms with Crippen molar-refractivity contribution in [2.75, 3.05) is 0 Å². The number of hydrogen-bond acceptors (Lipinski definition) is 2. The molecular formula is C8HClF16NaO3S. The van der Waals surface area contributed by atoms with E-state index in [1.807, 2.05) is 0 Å². The molecule has 30 heavy (non-hydrogen) atoms. The van der Waals surface area contributed by atoms with Crippen molar-refractivity contribution in [2.24, 2.45) is 0 Å². The minimum absolute atomic E-state index is 0. The summed E-state index contributed by atoms with van der Waals surface area (Å²) in [5.41, 5.74) is 0. The maximum atomic E-state index is 13.1. The van der Waals surface area contributed by atoms with Crippen LogP contribution in [0.15, 0.2) is 0 Å². The van der Waals surface area contributed by atoms with E-state index in [4.69, 9.17) is 4.55 Å². The fraction of sp³-hybridized carbons (Fsp3) is 1.00. The van der Waals surface area contributed by atoms with Gasteiger partial charge in [0.15, 0.2) is 0 Å². The smallest absolute Gasteiger partial charge is 0.281 e. The molecule has 0 saturated heterocycles. The van der Waals surface area contributed by atoms with E-state index in [1.54, 1.807) is 0 Å². The first-order chi connectivity index (χ1) is 12.0. The quantitative estimate of drug-likeness (QED) is 0.210. The van der Waals surface area contributed by atoms with Crippen LogP contribution in [-0.2, 0) is 10.1 Å². The van der Waals surface area contributed by atoms with Gasteiger partial charge in [0, 0.05) is 29.6 Å². The fourth-order valence-corrected chi connectivity index (χ4v) is 1.88. The van der Waals surface area contributed by atoms with E-state index < -0.39 is 56.3 Å². The number of hydrogen-bond donors (Lipinski definition) is 1. The first-order valence-corrected chi connectivity index (χ1v) is 7.50. The molecule has 0 rings (SSSR count). The van der Waals surface area contributed by atoms with Crippen LogP contribution >= 0.6 is 11.6 Å². The number of alkyl halides is 17. The zero-order chi connectivity index (χ0) is 24.5. The van der Waals surface area contributed by atoms with Gasteiger partial charge in [-0.2, -0.15) is 78.7 Å². The van der Waals surface area contributed by atoms with Crippen molar-refractivity contribution >= 4 is 51.3 Å². The van der Waals surface area contributed by atoms with Crippen LogP contribution in [0, 0.1) is 0 Å². The average molecular weight is 540 g/mol. The third kappa shape index (κ3) is 3.96. The molecule has 0 amide bonds. The summed E-state index contributed by atoms with van der Waals surface area (Å²) in [5.74, 6) is -50.9. The van der Waals surface area contributed by atoms with Crippen molar-refractivity contribution in [1.82, 2.24) is 0 Å². The Balaban J connectivity index is 0. The van der Waals surface area contributed by atoms with Crippen LogP contribution in [0.2, 0.25) is 0 Å². The van der Waals surface area contributed by atoms with Crippen LogP contribution in [0.4, 0.5) is 70.2 Å². The van der Waals surface area contributed by atoms with E-state index >= 15 is 0 Å². The third-order valence-corrected chi connectivity index (χ3v) is 4.16. The summed E-state index contributed by atoms with van der Waals surface area (Å²) in [6.45, 7) is 0. The maximum Gasteiger partial charge on any atom is 0.438 e. The molecule has 0 saturated carbocycles. The van der Waals surface area contributed by atoms with Crippen LogP contribution in [0.1, 0.15) is 0 Å². The molecular weight excluding hydrogens is 539 g/mol. The topological polar surface area (TPSA) is 54.4 Å². The van der Waals surface area contributed by atoms with Gasteiger partial charge in [-0.1, -0.05) is 0 Å². The zero-order valence-corrected chi connectivity index (χ0v) is 16.7. The second kappa shape index (κ2) is 7.84. The molecule has 0 bridgehead atoms. The van der Waals surface area contributed by atoms with Gasteiger partial charge in [0.2, 0.25) is 0 Å². The van der Waals surface area contributed by atoms with E-state index in [1.165, 1.54) is 0 Å². The predicted octanol–water partition coefficient (Wildman–Crippen LogP) is 4.73.